The molecular formula is C11H6F2N. The molecule has 1 radical (unpaired) electrons. The van der Waals surface area contributed by atoms with Crippen molar-refractivity contribution in [3.05, 3.63) is 48.2 Å². The number of benzene rings is 1. The van der Waals surface area contributed by atoms with E-state index < -0.39 is 6.08 Å². The fourth-order valence-electron chi connectivity index (χ4n) is 1.32. The molecule has 1 heterocycles. The van der Waals surface area contributed by atoms with Crippen molar-refractivity contribution in [2.24, 2.45) is 0 Å². The van der Waals surface area contributed by atoms with Gasteiger partial charge in [-0.2, -0.15) is 8.78 Å². The molecule has 0 spiro atoms. The van der Waals surface area contributed by atoms with Gasteiger partial charge in [0.25, 0.3) is 6.08 Å². The minimum absolute atomic E-state index is 0.476. The van der Waals surface area contributed by atoms with Crippen LogP contribution in [0.15, 0.2) is 36.4 Å². The first-order chi connectivity index (χ1) is 6.77. The average Bonchev–Trinajstić information content (AvgIpc) is 2.18. The Kier molecular flexibility index (Phi) is 2.23. The molecule has 1 aromatic carbocycles. The molecular weight excluding hydrogens is 184 g/mol. The molecule has 0 amide bonds. The predicted octanol–water partition coefficient (Wildman–Crippen LogP) is 3.27. The second-order valence-corrected chi connectivity index (χ2v) is 2.79. The third-order valence-corrected chi connectivity index (χ3v) is 1.89. The summed E-state index contributed by atoms with van der Waals surface area (Å²) in [6.45, 7) is 0. The van der Waals surface area contributed by atoms with E-state index in [1.807, 2.05) is 0 Å². The zero-order valence-corrected chi connectivity index (χ0v) is 7.17. The molecule has 14 heavy (non-hydrogen) atoms. The van der Waals surface area contributed by atoms with Crippen molar-refractivity contribution in [3.63, 3.8) is 0 Å². The van der Waals surface area contributed by atoms with Crippen molar-refractivity contribution < 1.29 is 8.78 Å². The fraction of sp³-hybridized carbons (Fsp3) is 0. The molecule has 0 aliphatic carbocycles. The van der Waals surface area contributed by atoms with Gasteiger partial charge in [-0.05, 0) is 23.8 Å². The van der Waals surface area contributed by atoms with Crippen molar-refractivity contribution in [2.75, 3.05) is 0 Å². The molecule has 2 aromatic rings. The van der Waals surface area contributed by atoms with Crippen LogP contribution in [0.5, 0.6) is 0 Å². The van der Waals surface area contributed by atoms with Gasteiger partial charge in [0.1, 0.15) is 0 Å². The summed E-state index contributed by atoms with van der Waals surface area (Å²) in [5, 5.41) is 0.707. The lowest BCUT2D eigenvalue weighted by atomic mass is 10.1. The highest BCUT2D eigenvalue weighted by Gasteiger charge is 1.99. The van der Waals surface area contributed by atoms with Gasteiger partial charge in [0.05, 0.1) is 11.7 Å². The van der Waals surface area contributed by atoms with Gasteiger partial charge in [0.2, 0.25) is 0 Å². The molecule has 0 aliphatic rings. The lowest BCUT2D eigenvalue weighted by Gasteiger charge is -1.99. The van der Waals surface area contributed by atoms with E-state index in [4.69, 9.17) is 0 Å². The molecule has 2 rings (SSSR count). The van der Waals surface area contributed by atoms with Crippen molar-refractivity contribution in [1.82, 2.24) is 4.98 Å². The topological polar surface area (TPSA) is 12.9 Å². The minimum atomic E-state index is -1.70. The monoisotopic (exact) mass is 190 g/mol. The summed E-state index contributed by atoms with van der Waals surface area (Å²) in [4.78, 5) is 3.95. The largest absolute Gasteiger partial charge is 0.270 e. The molecule has 0 saturated carbocycles. The minimum Gasteiger partial charge on any atom is -0.246 e. The molecule has 1 nitrogen and oxygen atoms in total. The van der Waals surface area contributed by atoms with Crippen LogP contribution in [0.25, 0.3) is 17.0 Å². The van der Waals surface area contributed by atoms with Crippen LogP contribution in [0, 0.1) is 6.20 Å². The van der Waals surface area contributed by atoms with Crippen LogP contribution >= 0.6 is 0 Å². The van der Waals surface area contributed by atoms with E-state index in [1.54, 1.807) is 30.3 Å². The van der Waals surface area contributed by atoms with Gasteiger partial charge in [-0.25, -0.2) is 4.98 Å². The Morgan fingerprint density at radius 2 is 2.14 bits per heavy atom. The predicted molar refractivity (Wildman–Crippen MR) is 50.8 cm³/mol. The second kappa shape index (κ2) is 3.54. The number of rotatable bonds is 1. The number of aromatic nitrogens is 1. The highest BCUT2D eigenvalue weighted by molar-refractivity contribution is 5.87. The first-order valence-corrected chi connectivity index (χ1v) is 4.06. The summed E-state index contributed by atoms with van der Waals surface area (Å²) >= 11 is 0. The zero-order chi connectivity index (χ0) is 9.97. The van der Waals surface area contributed by atoms with Crippen LogP contribution in [-0.4, -0.2) is 4.98 Å². The standard InChI is InChI=1S/C11H6F2N/c12-11(13)7-8-3-1-5-10-9(8)4-2-6-14-10/h1-5,7H. The summed E-state index contributed by atoms with van der Waals surface area (Å²) in [7, 11) is 0. The summed E-state index contributed by atoms with van der Waals surface area (Å²) in [6.07, 6.45) is 1.79. The van der Waals surface area contributed by atoms with Crippen molar-refractivity contribution in [3.8, 4) is 0 Å². The van der Waals surface area contributed by atoms with E-state index in [-0.39, 0.29) is 0 Å². The summed E-state index contributed by atoms with van der Waals surface area (Å²) in [5.41, 5.74) is 1.14. The Labute approximate surface area is 79.7 Å². The molecule has 0 aliphatic heterocycles. The lowest BCUT2D eigenvalue weighted by molar-refractivity contribution is 0.429. The maximum absolute atomic E-state index is 12.1. The first kappa shape index (κ1) is 8.81. The SMILES string of the molecule is FC(F)=Cc1cccc2n[c]ccc12. The molecule has 0 atom stereocenters. The van der Waals surface area contributed by atoms with Gasteiger partial charge in [-0.15, -0.1) is 0 Å². The summed E-state index contributed by atoms with van der Waals surface area (Å²) in [6, 6.07) is 8.41. The Hall–Kier alpha value is -1.77. The number of hydrogen-bond acceptors (Lipinski definition) is 1. The van der Waals surface area contributed by atoms with Crippen LogP contribution in [0.4, 0.5) is 8.78 Å². The van der Waals surface area contributed by atoms with Crippen molar-refractivity contribution in [1.29, 1.82) is 0 Å². The van der Waals surface area contributed by atoms with Crippen LogP contribution in [0.2, 0.25) is 0 Å². The molecule has 0 N–H and O–H groups in total. The summed E-state index contributed by atoms with van der Waals surface area (Å²) < 4.78 is 24.2. The Morgan fingerprint density at radius 3 is 2.93 bits per heavy atom. The van der Waals surface area contributed by atoms with E-state index in [1.165, 1.54) is 0 Å². The fourth-order valence-corrected chi connectivity index (χ4v) is 1.32. The number of pyridine rings is 1. The van der Waals surface area contributed by atoms with E-state index in [0.29, 0.717) is 16.5 Å². The van der Waals surface area contributed by atoms with Gasteiger partial charge in [0, 0.05) is 11.5 Å². The normalized spacial score (nSPS) is 10.1. The van der Waals surface area contributed by atoms with E-state index in [2.05, 4.69) is 11.2 Å². The third kappa shape index (κ3) is 1.62. The molecule has 3 heteroatoms. The molecule has 0 saturated heterocycles. The van der Waals surface area contributed by atoms with Crippen LogP contribution in [0.1, 0.15) is 5.56 Å². The van der Waals surface area contributed by atoms with E-state index >= 15 is 0 Å². The molecule has 0 bridgehead atoms. The van der Waals surface area contributed by atoms with Crippen LogP contribution < -0.4 is 0 Å². The Morgan fingerprint density at radius 1 is 1.29 bits per heavy atom. The maximum Gasteiger partial charge on any atom is 0.270 e. The Bertz CT molecular complexity index is 482. The second-order valence-electron chi connectivity index (χ2n) is 2.79. The quantitative estimate of drug-likeness (QED) is 0.672. The Balaban J connectivity index is 2.71. The molecule has 69 valence electrons. The van der Waals surface area contributed by atoms with Gasteiger partial charge < -0.3 is 0 Å². The summed E-state index contributed by atoms with van der Waals surface area (Å²) in [5.74, 6) is 0. The molecule has 1 aromatic heterocycles. The number of nitrogens with zero attached hydrogens (tertiary/aromatic N) is 1. The molecule has 0 fully saturated rings. The zero-order valence-electron chi connectivity index (χ0n) is 7.17. The van der Waals surface area contributed by atoms with Gasteiger partial charge in [-0.3, -0.25) is 0 Å². The first-order valence-electron chi connectivity index (χ1n) is 4.06. The lowest BCUT2D eigenvalue weighted by Crippen LogP contribution is -1.81. The average molecular weight is 190 g/mol. The third-order valence-electron chi connectivity index (χ3n) is 1.89. The van der Waals surface area contributed by atoms with E-state index in [0.717, 1.165) is 6.08 Å². The number of hydrogen-bond donors (Lipinski definition) is 0. The van der Waals surface area contributed by atoms with Crippen molar-refractivity contribution >= 4 is 17.0 Å². The smallest absolute Gasteiger partial charge is 0.246 e. The number of fused-ring (bicyclic) bond motifs is 1. The highest BCUT2D eigenvalue weighted by Crippen LogP contribution is 2.19. The van der Waals surface area contributed by atoms with Crippen LogP contribution in [-0.2, 0) is 0 Å². The number of halogens is 2. The van der Waals surface area contributed by atoms with Gasteiger partial charge >= 0.3 is 0 Å². The molecule has 0 unspecified atom stereocenters. The van der Waals surface area contributed by atoms with Gasteiger partial charge in [0.15, 0.2) is 0 Å². The maximum atomic E-state index is 12.1. The van der Waals surface area contributed by atoms with Gasteiger partial charge in [-0.1, -0.05) is 12.1 Å². The highest BCUT2D eigenvalue weighted by atomic mass is 19.3. The van der Waals surface area contributed by atoms with Crippen LogP contribution in [0.3, 0.4) is 0 Å². The van der Waals surface area contributed by atoms with Crippen molar-refractivity contribution in [2.45, 2.75) is 0 Å². The van der Waals surface area contributed by atoms with E-state index in [9.17, 15) is 8.78 Å².